The van der Waals surface area contributed by atoms with Gasteiger partial charge in [0.25, 0.3) is 0 Å². The zero-order chi connectivity index (χ0) is 16.4. The SMILES string of the molecule is BC(c1cccc(Br)c1)(c1cccc(Br)c1)c1cccc(Br)c1. The maximum atomic E-state index is 3.61. The number of hydrogen-bond acceptors (Lipinski definition) is 0. The second-order valence-electron chi connectivity index (χ2n) is 5.66. The third-order valence-electron chi connectivity index (χ3n) is 4.21. The second kappa shape index (κ2) is 6.96. The normalized spacial score (nSPS) is 11.4. The van der Waals surface area contributed by atoms with Crippen molar-refractivity contribution in [2.45, 2.75) is 5.31 Å². The van der Waals surface area contributed by atoms with Crippen LogP contribution < -0.4 is 0 Å². The molecule has 0 spiro atoms. The van der Waals surface area contributed by atoms with E-state index < -0.39 is 0 Å². The number of benzene rings is 3. The van der Waals surface area contributed by atoms with Crippen LogP contribution >= 0.6 is 47.8 Å². The van der Waals surface area contributed by atoms with Crippen molar-refractivity contribution in [3.8, 4) is 0 Å². The summed E-state index contributed by atoms with van der Waals surface area (Å²) in [6, 6.07) is 25.6. The summed E-state index contributed by atoms with van der Waals surface area (Å²) in [5.74, 6) is 0. The number of rotatable bonds is 3. The molecule has 3 aromatic carbocycles. The second-order valence-corrected chi connectivity index (χ2v) is 8.40. The highest BCUT2D eigenvalue weighted by Gasteiger charge is 2.31. The molecule has 0 atom stereocenters. The van der Waals surface area contributed by atoms with E-state index in [1.165, 1.54) is 16.7 Å². The van der Waals surface area contributed by atoms with Gasteiger partial charge in [0.15, 0.2) is 0 Å². The molecule has 3 rings (SSSR count). The van der Waals surface area contributed by atoms with Crippen molar-refractivity contribution in [1.29, 1.82) is 0 Å². The van der Waals surface area contributed by atoms with Crippen LogP contribution in [0.1, 0.15) is 16.7 Å². The monoisotopic (exact) mass is 490 g/mol. The smallest absolute Gasteiger partial charge is 0.0609 e. The third kappa shape index (κ3) is 3.49. The third-order valence-corrected chi connectivity index (χ3v) is 5.69. The Hall–Kier alpha value is -0.835. The molecule has 0 saturated carbocycles. The molecule has 0 nitrogen and oxygen atoms in total. The molecule has 0 aliphatic heterocycles. The zero-order valence-electron chi connectivity index (χ0n) is 12.6. The molecular formula is C19H14BBr3. The minimum Gasteiger partial charge on any atom is -0.0609 e. The highest BCUT2D eigenvalue weighted by atomic mass is 79.9. The molecule has 114 valence electrons. The first-order valence-electron chi connectivity index (χ1n) is 7.28. The molecule has 4 heteroatoms. The molecule has 0 aromatic heterocycles. The maximum Gasteiger partial charge on any atom is 0.126 e. The number of halogens is 3. The van der Waals surface area contributed by atoms with Gasteiger partial charge >= 0.3 is 0 Å². The first-order valence-corrected chi connectivity index (χ1v) is 9.66. The van der Waals surface area contributed by atoms with E-state index in [2.05, 4.69) is 128 Å². The van der Waals surface area contributed by atoms with Gasteiger partial charge < -0.3 is 0 Å². The van der Waals surface area contributed by atoms with Gasteiger partial charge in [-0.2, -0.15) is 0 Å². The van der Waals surface area contributed by atoms with E-state index in [0.717, 1.165) is 13.4 Å². The lowest BCUT2D eigenvalue weighted by molar-refractivity contribution is 0.874. The van der Waals surface area contributed by atoms with Crippen LogP contribution in [-0.2, 0) is 5.31 Å². The van der Waals surface area contributed by atoms with Crippen molar-refractivity contribution in [2.24, 2.45) is 0 Å². The molecule has 3 aromatic rings. The predicted molar refractivity (Wildman–Crippen MR) is 111 cm³/mol. The molecule has 0 aliphatic rings. The van der Waals surface area contributed by atoms with E-state index in [4.69, 9.17) is 0 Å². The van der Waals surface area contributed by atoms with Crippen LogP contribution in [0.15, 0.2) is 86.2 Å². The molecule has 0 unspecified atom stereocenters. The van der Waals surface area contributed by atoms with Gasteiger partial charge in [-0.1, -0.05) is 84.2 Å². The topological polar surface area (TPSA) is 0 Å². The molecule has 0 N–H and O–H groups in total. The lowest BCUT2D eigenvalue weighted by atomic mass is 9.56. The quantitative estimate of drug-likeness (QED) is 0.315. The Balaban J connectivity index is 2.29. The summed E-state index contributed by atoms with van der Waals surface area (Å²) in [5, 5.41) is -0.239. The number of hydrogen-bond donors (Lipinski definition) is 0. The van der Waals surface area contributed by atoms with E-state index in [1.807, 2.05) is 0 Å². The Bertz CT molecular complexity index is 734. The summed E-state index contributed by atoms with van der Waals surface area (Å²) in [6.45, 7) is 0. The van der Waals surface area contributed by atoms with Gasteiger partial charge in [0.2, 0.25) is 0 Å². The van der Waals surface area contributed by atoms with E-state index >= 15 is 0 Å². The Morgan fingerprint density at radius 2 is 0.870 bits per heavy atom. The van der Waals surface area contributed by atoms with Crippen molar-refractivity contribution in [3.05, 3.63) is 103 Å². The average molecular weight is 493 g/mol. The molecule has 0 saturated heterocycles. The van der Waals surface area contributed by atoms with Crippen LogP contribution in [-0.4, -0.2) is 7.85 Å². The van der Waals surface area contributed by atoms with E-state index in [1.54, 1.807) is 0 Å². The van der Waals surface area contributed by atoms with Crippen molar-refractivity contribution in [1.82, 2.24) is 0 Å². The fraction of sp³-hybridized carbons (Fsp3) is 0.0526. The van der Waals surface area contributed by atoms with Gasteiger partial charge in [-0.05, 0) is 53.1 Å². The van der Waals surface area contributed by atoms with E-state index in [9.17, 15) is 0 Å². The Morgan fingerprint density at radius 3 is 1.13 bits per heavy atom. The van der Waals surface area contributed by atoms with Gasteiger partial charge in [-0.3, -0.25) is 0 Å². The molecule has 0 fully saturated rings. The lowest BCUT2D eigenvalue weighted by Gasteiger charge is -2.32. The Kier molecular flexibility index (Phi) is 5.15. The maximum absolute atomic E-state index is 3.61. The van der Waals surface area contributed by atoms with Gasteiger partial charge in [0.05, 0.1) is 0 Å². The van der Waals surface area contributed by atoms with Gasteiger partial charge in [-0.25, -0.2) is 0 Å². The highest BCUT2D eigenvalue weighted by Crippen LogP contribution is 2.38. The van der Waals surface area contributed by atoms with Crippen LogP contribution in [0.3, 0.4) is 0 Å². The standard InChI is InChI=1S/C19H14BBr3/c20-19(13-4-1-7-16(21)10-13,14-5-2-8-17(22)11-14)15-6-3-9-18(23)12-15/h1-12H,20H2. The van der Waals surface area contributed by atoms with Gasteiger partial charge in [0.1, 0.15) is 7.85 Å². The average Bonchev–Trinajstić information content (AvgIpc) is 2.54. The van der Waals surface area contributed by atoms with Crippen LogP contribution in [0.4, 0.5) is 0 Å². The van der Waals surface area contributed by atoms with E-state index in [-0.39, 0.29) is 5.31 Å². The minimum atomic E-state index is -0.239. The fourth-order valence-corrected chi connectivity index (χ4v) is 4.10. The van der Waals surface area contributed by atoms with Crippen molar-refractivity contribution in [2.75, 3.05) is 0 Å². The molecular weight excluding hydrogens is 479 g/mol. The van der Waals surface area contributed by atoms with Crippen LogP contribution in [0, 0.1) is 0 Å². The van der Waals surface area contributed by atoms with Crippen LogP contribution in [0.2, 0.25) is 0 Å². The largest absolute Gasteiger partial charge is 0.126 e. The Labute approximate surface area is 163 Å². The van der Waals surface area contributed by atoms with Crippen molar-refractivity contribution in [3.63, 3.8) is 0 Å². The summed E-state index contributed by atoms with van der Waals surface area (Å²) >= 11 is 10.8. The van der Waals surface area contributed by atoms with E-state index in [0.29, 0.717) is 0 Å². The molecule has 23 heavy (non-hydrogen) atoms. The first kappa shape index (κ1) is 17.0. The van der Waals surface area contributed by atoms with Crippen LogP contribution in [0.5, 0.6) is 0 Å². The van der Waals surface area contributed by atoms with Crippen molar-refractivity contribution >= 4 is 55.6 Å². The summed E-state index contributed by atoms with van der Waals surface area (Å²) in [4.78, 5) is 0. The zero-order valence-corrected chi connectivity index (χ0v) is 17.3. The molecule has 0 aliphatic carbocycles. The fourth-order valence-electron chi connectivity index (χ4n) is 2.90. The summed E-state index contributed by atoms with van der Waals surface area (Å²) in [5.41, 5.74) is 3.76. The van der Waals surface area contributed by atoms with Crippen LogP contribution in [0.25, 0.3) is 0 Å². The molecule has 0 heterocycles. The first-order chi connectivity index (χ1) is 11.0. The lowest BCUT2D eigenvalue weighted by Crippen LogP contribution is -2.29. The Morgan fingerprint density at radius 1 is 0.565 bits per heavy atom. The highest BCUT2D eigenvalue weighted by molar-refractivity contribution is 9.11. The molecule has 0 amide bonds. The predicted octanol–water partition coefficient (Wildman–Crippen LogP) is 5.90. The van der Waals surface area contributed by atoms with Gasteiger partial charge in [-0.15, -0.1) is 0 Å². The molecule has 0 radical (unpaired) electrons. The van der Waals surface area contributed by atoms with Gasteiger partial charge in [0, 0.05) is 18.7 Å². The summed E-state index contributed by atoms with van der Waals surface area (Å²) < 4.78 is 3.27. The van der Waals surface area contributed by atoms with Crippen molar-refractivity contribution < 1.29 is 0 Å². The summed E-state index contributed by atoms with van der Waals surface area (Å²) in [7, 11) is 2.28. The minimum absolute atomic E-state index is 0.239. The molecule has 0 bridgehead atoms. The summed E-state index contributed by atoms with van der Waals surface area (Å²) in [6.07, 6.45) is 0.